The molecule has 3 heterocycles. The van der Waals surface area contributed by atoms with Crippen molar-refractivity contribution in [3.8, 4) is 0 Å². The third-order valence-electron chi connectivity index (χ3n) is 5.80. The van der Waals surface area contributed by atoms with Gasteiger partial charge in [0.25, 0.3) is 0 Å². The number of benzene rings is 1. The van der Waals surface area contributed by atoms with Crippen molar-refractivity contribution in [2.45, 2.75) is 25.9 Å². The molecular weight excluding hydrogens is 376 g/mol. The number of piperazine rings is 1. The second kappa shape index (κ2) is 10.4. The third kappa shape index (κ3) is 5.08. The molecule has 7 nitrogen and oxygen atoms in total. The fraction of sp³-hybridized carbons (Fsp3) is 0.522. The van der Waals surface area contributed by atoms with Gasteiger partial charge in [0.1, 0.15) is 0 Å². The Bertz CT molecular complexity index is 792. The number of aromatic nitrogens is 2. The molecule has 2 unspecified atom stereocenters. The lowest BCUT2D eigenvalue weighted by atomic mass is 9.89. The maximum atomic E-state index is 6.15. The Morgan fingerprint density at radius 2 is 1.87 bits per heavy atom. The van der Waals surface area contributed by atoms with Gasteiger partial charge in [-0.25, -0.2) is 9.97 Å². The standard InChI is InChI=1S/C23H32N6O/c1-2-24-22(28-13-15-29(16-14-28)23-25-11-7-12-26-23)27-18-20-10-6-17-30-21(20)19-8-4-3-5-9-19/h3-5,7-9,11-12,20-21H,2,6,10,13-18H2,1H3,(H,24,27). The van der Waals surface area contributed by atoms with Crippen LogP contribution in [0, 0.1) is 5.92 Å². The minimum atomic E-state index is 0.138. The first-order valence-electron chi connectivity index (χ1n) is 11.1. The molecule has 0 radical (unpaired) electrons. The van der Waals surface area contributed by atoms with E-state index < -0.39 is 0 Å². The van der Waals surface area contributed by atoms with Gasteiger partial charge in [-0.05, 0) is 31.4 Å². The summed E-state index contributed by atoms with van der Waals surface area (Å²) in [4.78, 5) is 18.4. The Kier molecular flexibility index (Phi) is 7.13. The third-order valence-corrected chi connectivity index (χ3v) is 5.80. The molecule has 7 heteroatoms. The summed E-state index contributed by atoms with van der Waals surface area (Å²) in [6.45, 7) is 8.22. The quantitative estimate of drug-likeness (QED) is 0.606. The van der Waals surface area contributed by atoms with Gasteiger partial charge < -0.3 is 19.9 Å². The lowest BCUT2D eigenvalue weighted by Crippen LogP contribution is -2.53. The predicted octanol–water partition coefficient (Wildman–Crippen LogP) is 2.73. The molecule has 0 saturated carbocycles. The van der Waals surface area contributed by atoms with E-state index in [1.165, 1.54) is 5.56 Å². The molecule has 4 rings (SSSR count). The van der Waals surface area contributed by atoms with Crippen LogP contribution in [0.3, 0.4) is 0 Å². The summed E-state index contributed by atoms with van der Waals surface area (Å²) in [6, 6.07) is 12.4. The molecule has 1 aromatic heterocycles. The number of guanidine groups is 1. The van der Waals surface area contributed by atoms with Gasteiger partial charge in [-0.1, -0.05) is 30.3 Å². The van der Waals surface area contributed by atoms with Gasteiger partial charge in [0.15, 0.2) is 5.96 Å². The van der Waals surface area contributed by atoms with E-state index in [9.17, 15) is 0 Å². The molecule has 0 aliphatic carbocycles. The number of ether oxygens (including phenoxy) is 1. The molecule has 2 aliphatic rings. The van der Waals surface area contributed by atoms with Crippen LogP contribution in [-0.2, 0) is 4.74 Å². The van der Waals surface area contributed by atoms with Crippen LogP contribution in [0.5, 0.6) is 0 Å². The molecule has 2 aromatic rings. The minimum absolute atomic E-state index is 0.138. The number of rotatable bonds is 5. The van der Waals surface area contributed by atoms with E-state index >= 15 is 0 Å². The van der Waals surface area contributed by atoms with Crippen LogP contribution < -0.4 is 10.2 Å². The normalized spacial score (nSPS) is 22.8. The van der Waals surface area contributed by atoms with Crippen molar-refractivity contribution in [2.24, 2.45) is 10.9 Å². The average Bonchev–Trinajstić information content (AvgIpc) is 2.83. The Morgan fingerprint density at radius 1 is 1.10 bits per heavy atom. The van der Waals surface area contributed by atoms with Gasteiger partial charge >= 0.3 is 0 Å². The molecule has 2 aliphatic heterocycles. The number of hydrogen-bond acceptors (Lipinski definition) is 5. The van der Waals surface area contributed by atoms with Crippen molar-refractivity contribution in [2.75, 3.05) is 50.8 Å². The van der Waals surface area contributed by atoms with Crippen molar-refractivity contribution in [3.63, 3.8) is 0 Å². The summed E-state index contributed by atoms with van der Waals surface area (Å²) < 4.78 is 6.15. The Balaban J connectivity index is 1.40. The smallest absolute Gasteiger partial charge is 0.225 e. The van der Waals surface area contributed by atoms with Crippen LogP contribution in [0.4, 0.5) is 5.95 Å². The van der Waals surface area contributed by atoms with E-state index in [0.29, 0.717) is 5.92 Å². The second-order valence-corrected chi connectivity index (χ2v) is 7.82. The van der Waals surface area contributed by atoms with Crippen LogP contribution in [0.25, 0.3) is 0 Å². The molecule has 0 spiro atoms. The largest absolute Gasteiger partial charge is 0.373 e. The van der Waals surface area contributed by atoms with E-state index in [0.717, 1.165) is 70.6 Å². The molecule has 160 valence electrons. The van der Waals surface area contributed by atoms with E-state index in [1.807, 2.05) is 6.07 Å². The van der Waals surface area contributed by atoms with Gasteiger partial charge in [-0.2, -0.15) is 0 Å². The lowest BCUT2D eigenvalue weighted by molar-refractivity contribution is -0.0250. The predicted molar refractivity (Wildman–Crippen MR) is 120 cm³/mol. The summed E-state index contributed by atoms with van der Waals surface area (Å²) in [5.41, 5.74) is 1.26. The van der Waals surface area contributed by atoms with Crippen molar-refractivity contribution < 1.29 is 4.74 Å². The summed E-state index contributed by atoms with van der Waals surface area (Å²) in [5.74, 6) is 2.22. The SMILES string of the molecule is CCNC(=NCC1CCCOC1c1ccccc1)N1CCN(c2ncccn2)CC1. The summed E-state index contributed by atoms with van der Waals surface area (Å²) in [7, 11) is 0. The summed E-state index contributed by atoms with van der Waals surface area (Å²) in [6.07, 6.45) is 6.00. The number of anilines is 1. The molecule has 0 bridgehead atoms. The molecule has 2 fully saturated rings. The summed E-state index contributed by atoms with van der Waals surface area (Å²) in [5, 5.41) is 3.49. The maximum Gasteiger partial charge on any atom is 0.225 e. The second-order valence-electron chi connectivity index (χ2n) is 7.82. The zero-order chi connectivity index (χ0) is 20.6. The van der Waals surface area contributed by atoms with Gasteiger partial charge in [-0.3, -0.25) is 4.99 Å². The van der Waals surface area contributed by atoms with E-state index in [-0.39, 0.29) is 6.10 Å². The molecule has 2 atom stereocenters. The topological polar surface area (TPSA) is 65.9 Å². The van der Waals surface area contributed by atoms with Crippen molar-refractivity contribution in [1.82, 2.24) is 20.2 Å². The first-order chi connectivity index (χ1) is 14.8. The van der Waals surface area contributed by atoms with Crippen molar-refractivity contribution in [3.05, 3.63) is 54.4 Å². The molecule has 30 heavy (non-hydrogen) atoms. The van der Waals surface area contributed by atoms with Crippen molar-refractivity contribution >= 4 is 11.9 Å². The Hall–Kier alpha value is -2.67. The Morgan fingerprint density at radius 3 is 2.60 bits per heavy atom. The van der Waals surface area contributed by atoms with Gasteiger partial charge in [0.05, 0.1) is 6.10 Å². The number of nitrogens with one attached hydrogen (secondary N) is 1. The first-order valence-corrected chi connectivity index (χ1v) is 11.1. The maximum absolute atomic E-state index is 6.15. The number of hydrogen-bond donors (Lipinski definition) is 1. The van der Waals surface area contributed by atoms with Gasteiger partial charge in [0.2, 0.25) is 5.95 Å². The van der Waals surface area contributed by atoms with E-state index in [4.69, 9.17) is 9.73 Å². The fourth-order valence-electron chi connectivity index (χ4n) is 4.24. The van der Waals surface area contributed by atoms with Crippen molar-refractivity contribution in [1.29, 1.82) is 0 Å². The molecule has 1 aromatic carbocycles. The average molecular weight is 409 g/mol. The number of nitrogens with zero attached hydrogens (tertiary/aromatic N) is 5. The zero-order valence-electron chi connectivity index (χ0n) is 17.8. The highest BCUT2D eigenvalue weighted by atomic mass is 16.5. The monoisotopic (exact) mass is 408 g/mol. The van der Waals surface area contributed by atoms with Crippen LogP contribution in [-0.4, -0.2) is 66.7 Å². The highest BCUT2D eigenvalue weighted by Crippen LogP contribution is 2.33. The Labute approximate surface area is 179 Å². The molecule has 1 N–H and O–H groups in total. The highest BCUT2D eigenvalue weighted by Gasteiger charge is 2.28. The van der Waals surface area contributed by atoms with Crippen LogP contribution in [0.15, 0.2) is 53.8 Å². The first kappa shape index (κ1) is 20.6. The molecule has 0 amide bonds. The van der Waals surface area contributed by atoms with Gasteiger partial charge in [-0.15, -0.1) is 0 Å². The van der Waals surface area contributed by atoms with Crippen LogP contribution in [0.1, 0.15) is 31.4 Å². The minimum Gasteiger partial charge on any atom is -0.373 e. The highest BCUT2D eigenvalue weighted by molar-refractivity contribution is 5.80. The zero-order valence-corrected chi connectivity index (χ0v) is 17.8. The van der Waals surface area contributed by atoms with E-state index in [2.05, 4.69) is 62.3 Å². The lowest BCUT2D eigenvalue weighted by Gasteiger charge is -2.37. The van der Waals surface area contributed by atoms with Gasteiger partial charge in [0, 0.05) is 64.2 Å². The fourth-order valence-corrected chi connectivity index (χ4v) is 4.24. The van der Waals surface area contributed by atoms with Crippen LogP contribution in [0.2, 0.25) is 0 Å². The number of aliphatic imine (C=N–C) groups is 1. The van der Waals surface area contributed by atoms with Crippen LogP contribution >= 0.6 is 0 Å². The molecular formula is C23H32N6O. The summed E-state index contributed by atoms with van der Waals surface area (Å²) >= 11 is 0. The van der Waals surface area contributed by atoms with E-state index in [1.54, 1.807) is 12.4 Å². The molecule has 2 saturated heterocycles.